The normalized spacial score (nSPS) is 8.82. The van der Waals surface area contributed by atoms with Crippen molar-refractivity contribution in [2.24, 2.45) is 5.41 Å². The molecule has 110 valence electrons. The summed E-state index contributed by atoms with van der Waals surface area (Å²) in [6.07, 6.45) is 0.866. The molecule has 3 nitrogen and oxygen atoms in total. The van der Waals surface area contributed by atoms with Gasteiger partial charge in [0.05, 0.1) is 19.8 Å². The zero-order valence-electron chi connectivity index (χ0n) is 13.6. The van der Waals surface area contributed by atoms with Crippen molar-refractivity contribution in [3.05, 3.63) is 0 Å². The summed E-state index contributed by atoms with van der Waals surface area (Å²) < 4.78 is 10.0. The Labute approximate surface area is 110 Å². The number of methoxy groups -OCH3 is 2. The molecule has 17 heavy (non-hydrogen) atoms. The highest BCUT2D eigenvalue weighted by Gasteiger charge is 2.27. The van der Waals surface area contributed by atoms with Gasteiger partial charge in [-0.1, -0.05) is 48.5 Å². The first-order valence-corrected chi connectivity index (χ1v) is 6.83. The van der Waals surface area contributed by atoms with Crippen LogP contribution in [0, 0.1) is 5.41 Å². The first-order valence-electron chi connectivity index (χ1n) is 6.83. The monoisotopic (exact) mass is 252 g/mol. The standard InChI is InChI=1S/C8H18O3.3C2H6/c1-4-8(5-9,6-10-2)7-11-3;3*1-2/h9H,4-7H2,1-3H3;3*1-2H3. The highest BCUT2D eigenvalue weighted by atomic mass is 16.5. The van der Waals surface area contributed by atoms with Crippen LogP contribution in [0.25, 0.3) is 0 Å². The average Bonchev–Trinajstić information content (AvgIpc) is 2.45. The molecule has 0 bridgehead atoms. The first-order chi connectivity index (χ1) is 8.24. The average molecular weight is 252 g/mol. The molecule has 0 unspecified atom stereocenters. The van der Waals surface area contributed by atoms with Crippen molar-refractivity contribution in [3.8, 4) is 0 Å². The predicted octanol–water partition coefficient (Wildman–Crippen LogP) is 3.75. The van der Waals surface area contributed by atoms with Gasteiger partial charge in [-0.25, -0.2) is 0 Å². The van der Waals surface area contributed by atoms with Gasteiger partial charge in [0.1, 0.15) is 0 Å². The van der Waals surface area contributed by atoms with Crippen molar-refractivity contribution in [2.75, 3.05) is 34.0 Å². The van der Waals surface area contributed by atoms with Gasteiger partial charge in [0.15, 0.2) is 0 Å². The van der Waals surface area contributed by atoms with Gasteiger partial charge in [-0.3, -0.25) is 0 Å². The lowest BCUT2D eigenvalue weighted by Gasteiger charge is -2.28. The van der Waals surface area contributed by atoms with Crippen molar-refractivity contribution < 1.29 is 14.6 Å². The highest BCUT2D eigenvalue weighted by Crippen LogP contribution is 2.21. The third kappa shape index (κ3) is 15.9. The van der Waals surface area contributed by atoms with Gasteiger partial charge in [-0.2, -0.15) is 0 Å². The van der Waals surface area contributed by atoms with Crippen molar-refractivity contribution in [1.29, 1.82) is 0 Å². The molecule has 0 rings (SSSR count). The SMILES string of the molecule is CC.CC.CC.CCC(CO)(COC)COC. The summed E-state index contributed by atoms with van der Waals surface area (Å²) in [5, 5.41) is 9.08. The third-order valence-electron chi connectivity index (χ3n) is 1.99. The molecule has 0 aliphatic heterocycles. The lowest BCUT2D eigenvalue weighted by Crippen LogP contribution is -2.34. The largest absolute Gasteiger partial charge is 0.396 e. The second-order valence-electron chi connectivity index (χ2n) is 2.88. The quantitative estimate of drug-likeness (QED) is 0.782. The van der Waals surface area contributed by atoms with Crippen LogP contribution in [0.5, 0.6) is 0 Å². The minimum atomic E-state index is -0.205. The summed E-state index contributed by atoms with van der Waals surface area (Å²) in [5.41, 5.74) is -0.205. The molecule has 0 atom stereocenters. The molecule has 0 aromatic carbocycles. The van der Waals surface area contributed by atoms with Gasteiger partial charge in [-0.05, 0) is 6.42 Å². The van der Waals surface area contributed by atoms with Crippen molar-refractivity contribution in [1.82, 2.24) is 0 Å². The van der Waals surface area contributed by atoms with Crippen LogP contribution in [0.2, 0.25) is 0 Å². The Bertz CT molecular complexity index is 83.5. The van der Waals surface area contributed by atoms with Crippen LogP contribution >= 0.6 is 0 Å². The summed E-state index contributed by atoms with van der Waals surface area (Å²) in [6, 6.07) is 0. The van der Waals surface area contributed by atoms with E-state index in [9.17, 15) is 0 Å². The molecular formula is C14H36O3. The van der Waals surface area contributed by atoms with E-state index in [1.54, 1.807) is 14.2 Å². The summed E-state index contributed by atoms with van der Waals surface area (Å²) in [4.78, 5) is 0. The fourth-order valence-electron chi connectivity index (χ4n) is 1.06. The molecule has 0 radical (unpaired) electrons. The summed E-state index contributed by atoms with van der Waals surface area (Å²) in [7, 11) is 3.27. The van der Waals surface area contributed by atoms with Gasteiger partial charge in [0.25, 0.3) is 0 Å². The van der Waals surface area contributed by atoms with Crippen molar-refractivity contribution in [3.63, 3.8) is 0 Å². The van der Waals surface area contributed by atoms with Crippen LogP contribution < -0.4 is 0 Å². The number of aliphatic hydroxyl groups excluding tert-OH is 1. The van der Waals surface area contributed by atoms with Gasteiger partial charge in [0, 0.05) is 19.6 Å². The van der Waals surface area contributed by atoms with Gasteiger partial charge < -0.3 is 14.6 Å². The highest BCUT2D eigenvalue weighted by molar-refractivity contribution is 4.75. The van der Waals surface area contributed by atoms with E-state index >= 15 is 0 Å². The topological polar surface area (TPSA) is 38.7 Å². The van der Waals surface area contributed by atoms with E-state index in [1.165, 1.54) is 0 Å². The Kier molecular flexibility index (Phi) is 37.6. The Hall–Kier alpha value is -0.120. The molecule has 1 N–H and O–H groups in total. The van der Waals surface area contributed by atoms with E-state index in [-0.39, 0.29) is 12.0 Å². The number of hydrogen-bond donors (Lipinski definition) is 1. The van der Waals surface area contributed by atoms with E-state index in [2.05, 4.69) is 0 Å². The molecule has 0 fully saturated rings. The molecule has 0 saturated heterocycles. The van der Waals surface area contributed by atoms with Crippen LogP contribution in [-0.2, 0) is 9.47 Å². The van der Waals surface area contributed by atoms with E-state index in [1.807, 2.05) is 48.5 Å². The smallest absolute Gasteiger partial charge is 0.0562 e. The van der Waals surface area contributed by atoms with Crippen LogP contribution in [0.3, 0.4) is 0 Å². The number of hydrogen-bond acceptors (Lipinski definition) is 3. The fraction of sp³-hybridized carbons (Fsp3) is 1.00. The molecule has 0 heterocycles. The number of ether oxygens (including phenoxy) is 2. The Morgan fingerprint density at radius 3 is 1.24 bits per heavy atom. The lowest BCUT2D eigenvalue weighted by molar-refractivity contribution is -0.0280. The molecule has 3 heteroatoms. The van der Waals surface area contributed by atoms with Crippen LogP contribution in [0.1, 0.15) is 54.9 Å². The minimum Gasteiger partial charge on any atom is -0.396 e. The molecule has 0 aliphatic carbocycles. The third-order valence-corrected chi connectivity index (χ3v) is 1.99. The van der Waals surface area contributed by atoms with Gasteiger partial charge in [-0.15, -0.1) is 0 Å². The molecular weight excluding hydrogens is 216 g/mol. The Morgan fingerprint density at radius 2 is 1.12 bits per heavy atom. The molecule has 0 amide bonds. The fourth-order valence-corrected chi connectivity index (χ4v) is 1.06. The summed E-state index contributed by atoms with van der Waals surface area (Å²) >= 11 is 0. The first kappa shape index (κ1) is 25.7. The second kappa shape index (κ2) is 24.9. The van der Waals surface area contributed by atoms with Crippen LogP contribution in [0.4, 0.5) is 0 Å². The molecule has 0 aromatic heterocycles. The van der Waals surface area contributed by atoms with Gasteiger partial charge in [0.2, 0.25) is 0 Å². The van der Waals surface area contributed by atoms with E-state index in [0.717, 1.165) is 6.42 Å². The number of aliphatic hydroxyl groups is 1. The Morgan fingerprint density at radius 1 is 0.824 bits per heavy atom. The van der Waals surface area contributed by atoms with Crippen molar-refractivity contribution in [2.45, 2.75) is 54.9 Å². The predicted molar refractivity (Wildman–Crippen MR) is 77.6 cm³/mol. The molecule has 0 aromatic rings. The zero-order chi connectivity index (χ0) is 14.7. The zero-order valence-corrected chi connectivity index (χ0v) is 13.6. The van der Waals surface area contributed by atoms with Crippen LogP contribution in [-0.4, -0.2) is 39.1 Å². The second-order valence-corrected chi connectivity index (χ2v) is 2.88. The minimum absolute atomic E-state index is 0.116. The molecule has 0 aliphatic rings. The maximum Gasteiger partial charge on any atom is 0.0562 e. The van der Waals surface area contributed by atoms with Crippen molar-refractivity contribution >= 4 is 0 Å². The van der Waals surface area contributed by atoms with E-state index < -0.39 is 0 Å². The number of rotatable bonds is 6. The van der Waals surface area contributed by atoms with Crippen LogP contribution in [0.15, 0.2) is 0 Å². The van der Waals surface area contributed by atoms with Gasteiger partial charge >= 0.3 is 0 Å². The maximum absolute atomic E-state index is 9.08. The Balaban J connectivity index is -0.000000121. The molecule has 0 spiro atoms. The summed E-state index contributed by atoms with van der Waals surface area (Å²) in [6.45, 7) is 15.2. The lowest BCUT2D eigenvalue weighted by atomic mass is 9.88. The van der Waals surface area contributed by atoms with E-state index in [4.69, 9.17) is 14.6 Å². The van der Waals surface area contributed by atoms with E-state index in [0.29, 0.717) is 13.2 Å². The maximum atomic E-state index is 9.08. The summed E-state index contributed by atoms with van der Waals surface area (Å²) in [5.74, 6) is 0. The molecule has 0 saturated carbocycles.